The molecule has 0 aliphatic heterocycles. The maximum atomic E-state index is 5.18. The highest BCUT2D eigenvalue weighted by Gasteiger charge is 2.00. The molecular weight excluding hydrogens is 276 g/mol. The maximum absolute atomic E-state index is 5.18. The smallest absolute Gasteiger partial charge is 0.170 e. The van der Waals surface area contributed by atoms with Crippen LogP contribution in [0.15, 0.2) is 48.5 Å². The Kier molecular flexibility index (Phi) is 5.76. The second-order valence-corrected chi connectivity index (χ2v) is 5.42. The predicted octanol–water partition coefficient (Wildman–Crippen LogP) is 4.61. The van der Waals surface area contributed by atoms with E-state index in [9.17, 15) is 0 Å². The van der Waals surface area contributed by atoms with Crippen molar-refractivity contribution in [2.45, 2.75) is 26.7 Å². The summed E-state index contributed by atoms with van der Waals surface area (Å²) in [5.74, 6) is 0. The van der Waals surface area contributed by atoms with Crippen LogP contribution in [-0.2, 0) is 6.42 Å². The summed E-state index contributed by atoms with van der Waals surface area (Å²) in [5, 5.41) is 6.91. The van der Waals surface area contributed by atoms with Crippen LogP contribution in [0.4, 0.5) is 5.69 Å². The van der Waals surface area contributed by atoms with Crippen LogP contribution in [0.1, 0.15) is 25.8 Å². The lowest BCUT2D eigenvalue weighted by Gasteiger charge is -2.10. The lowest BCUT2D eigenvalue weighted by Crippen LogP contribution is -2.27. The largest absolute Gasteiger partial charge is 0.363 e. The number of hydrogen-bond donors (Lipinski definition) is 2. The van der Waals surface area contributed by atoms with Gasteiger partial charge in [0.25, 0.3) is 0 Å². The lowest BCUT2D eigenvalue weighted by atomic mass is 10.0. The van der Waals surface area contributed by atoms with Gasteiger partial charge in [-0.15, -0.1) is 0 Å². The highest BCUT2D eigenvalue weighted by atomic mass is 32.1. The van der Waals surface area contributed by atoms with Gasteiger partial charge >= 0.3 is 0 Å². The van der Waals surface area contributed by atoms with Gasteiger partial charge in [0.15, 0.2) is 5.11 Å². The summed E-state index contributed by atoms with van der Waals surface area (Å²) in [5.41, 5.74) is 4.87. The first kappa shape index (κ1) is 15.5. The summed E-state index contributed by atoms with van der Waals surface area (Å²) in [6, 6.07) is 17.2. The second-order valence-electron chi connectivity index (χ2n) is 5.01. The molecule has 0 heterocycles. The van der Waals surface area contributed by atoms with Gasteiger partial charge in [-0.25, -0.2) is 0 Å². The number of anilines is 1. The highest BCUT2D eigenvalue weighted by molar-refractivity contribution is 7.80. The Morgan fingerprint density at radius 2 is 1.48 bits per heavy atom. The second kappa shape index (κ2) is 7.79. The molecule has 0 spiro atoms. The van der Waals surface area contributed by atoms with Crippen LogP contribution in [-0.4, -0.2) is 11.7 Å². The third-order valence-electron chi connectivity index (χ3n) is 3.31. The van der Waals surface area contributed by atoms with Gasteiger partial charge in [0.1, 0.15) is 0 Å². The van der Waals surface area contributed by atoms with Crippen LogP contribution in [0.25, 0.3) is 11.1 Å². The summed E-state index contributed by atoms with van der Waals surface area (Å²) in [4.78, 5) is 0. The fraction of sp³-hybridized carbons (Fsp3) is 0.278. The zero-order valence-electron chi connectivity index (χ0n) is 12.6. The van der Waals surface area contributed by atoms with Crippen LogP contribution in [0.2, 0.25) is 0 Å². The summed E-state index contributed by atoms with van der Waals surface area (Å²) in [7, 11) is 0. The van der Waals surface area contributed by atoms with E-state index >= 15 is 0 Å². The molecule has 2 nitrogen and oxygen atoms in total. The number of aryl methyl sites for hydroxylation is 1. The Bertz CT molecular complexity index is 573. The van der Waals surface area contributed by atoms with Crippen molar-refractivity contribution in [1.29, 1.82) is 0 Å². The van der Waals surface area contributed by atoms with Gasteiger partial charge in [-0.05, 0) is 54.4 Å². The van der Waals surface area contributed by atoms with Crippen LogP contribution in [0.5, 0.6) is 0 Å². The van der Waals surface area contributed by atoms with E-state index in [-0.39, 0.29) is 0 Å². The molecule has 0 aliphatic rings. The molecule has 0 amide bonds. The Balaban J connectivity index is 2.06. The van der Waals surface area contributed by atoms with Crippen molar-refractivity contribution >= 4 is 23.0 Å². The van der Waals surface area contributed by atoms with Gasteiger partial charge in [0, 0.05) is 12.2 Å². The fourth-order valence-corrected chi connectivity index (χ4v) is 2.50. The van der Waals surface area contributed by atoms with E-state index in [1.165, 1.54) is 23.1 Å². The van der Waals surface area contributed by atoms with Crippen molar-refractivity contribution < 1.29 is 0 Å². The van der Waals surface area contributed by atoms with E-state index in [0.717, 1.165) is 18.7 Å². The van der Waals surface area contributed by atoms with E-state index in [2.05, 4.69) is 66.1 Å². The van der Waals surface area contributed by atoms with E-state index in [0.29, 0.717) is 5.11 Å². The quantitative estimate of drug-likeness (QED) is 0.788. The number of hydrogen-bond acceptors (Lipinski definition) is 1. The highest BCUT2D eigenvalue weighted by Crippen LogP contribution is 2.22. The van der Waals surface area contributed by atoms with Crippen LogP contribution >= 0.6 is 12.2 Å². The third-order valence-corrected chi connectivity index (χ3v) is 3.55. The molecule has 2 N–H and O–H groups in total. The Morgan fingerprint density at radius 1 is 0.905 bits per heavy atom. The van der Waals surface area contributed by atoms with Gasteiger partial charge < -0.3 is 10.6 Å². The molecule has 3 heteroatoms. The van der Waals surface area contributed by atoms with Crippen LogP contribution < -0.4 is 10.6 Å². The summed E-state index contributed by atoms with van der Waals surface area (Å²) in [6.45, 7) is 5.06. The molecule has 0 radical (unpaired) electrons. The van der Waals surface area contributed by atoms with Crippen molar-refractivity contribution in [3.05, 3.63) is 54.1 Å². The van der Waals surface area contributed by atoms with E-state index in [4.69, 9.17) is 12.2 Å². The third kappa shape index (κ3) is 4.57. The lowest BCUT2D eigenvalue weighted by molar-refractivity contribution is 0.922. The summed E-state index contributed by atoms with van der Waals surface area (Å²) < 4.78 is 0. The topological polar surface area (TPSA) is 24.1 Å². The van der Waals surface area contributed by atoms with Crippen molar-refractivity contribution in [1.82, 2.24) is 5.32 Å². The van der Waals surface area contributed by atoms with Gasteiger partial charge in [0.05, 0.1) is 0 Å². The molecule has 21 heavy (non-hydrogen) atoms. The van der Waals surface area contributed by atoms with Crippen molar-refractivity contribution in [2.75, 3.05) is 11.9 Å². The monoisotopic (exact) mass is 298 g/mol. The number of rotatable bonds is 5. The Morgan fingerprint density at radius 3 is 2.00 bits per heavy atom. The average molecular weight is 298 g/mol. The van der Waals surface area contributed by atoms with Crippen molar-refractivity contribution in [3.8, 4) is 11.1 Å². The Labute approximate surface area is 132 Å². The zero-order chi connectivity index (χ0) is 15.1. The van der Waals surface area contributed by atoms with Crippen LogP contribution in [0.3, 0.4) is 0 Å². The molecule has 0 atom stereocenters. The van der Waals surface area contributed by atoms with Gasteiger partial charge in [-0.2, -0.15) is 0 Å². The molecule has 0 saturated heterocycles. The molecule has 0 fully saturated rings. The molecule has 2 aromatic carbocycles. The van der Waals surface area contributed by atoms with Gasteiger partial charge in [-0.1, -0.05) is 49.7 Å². The standard InChI is InChI=1S/C18H22N2S/c1-3-5-14-6-8-15(9-7-14)16-10-12-17(13-11-16)20-18(21)19-4-2/h6-13H,3-5H2,1-2H3,(H2,19,20,21). The maximum Gasteiger partial charge on any atom is 0.170 e. The van der Waals surface area contributed by atoms with E-state index in [1.54, 1.807) is 0 Å². The predicted molar refractivity (Wildman–Crippen MR) is 95.8 cm³/mol. The van der Waals surface area contributed by atoms with Gasteiger partial charge in [-0.3, -0.25) is 0 Å². The molecule has 0 aromatic heterocycles. The zero-order valence-corrected chi connectivity index (χ0v) is 13.5. The molecule has 110 valence electrons. The number of benzene rings is 2. The van der Waals surface area contributed by atoms with E-state index < -0.39 is 0 Å². The summed E-state index contributed by atoms with van der Waals surface area (Å²) in [6.07, 6.45) is 2.33. The Hall–Kier alpha value is -1.87. The average Bonchev–Trinajstić information content (AvgIpc) is 2.49. The fourth-order valence-electron chi connectivity index (χ4n) is 2.23. The van der Waals surface area contributed by atoms with E-state index in [1.807, 2.05) is 6.92 Å². The minimum Gasteiger partial charge on any atom is -0.363 e. The molecule has 0 aliphatic carbocycles. The molecule has 0 bridgehead atoms. The first-order valence-electron chi connectivity index (χ1n) is 7.47. The molecular formula is C18H22N2S. The minimum atomic E-state index is 0.661. The van der Waals surface area contributed by atoms with Gasteiger partial charge in [0.2, 0.25) is 0 Å². The van der Waals surface area contributed by atoms with Crippen molar-refractivity contribution in [2.24, 2.45) is 0 Å². The minimum absolute atomic E-state index is 0.661. The number of nitrogens with one attached hydrogen (secondary N) is 2. The molecule has 2 aromatic rings. The molecule has 2 rings (SSSR count). The number of thiocarbonyl (C=S) groups is 1. The first-order valence-corrected chi connectivity index (χ1v) is 7.88. The van der Waals surface area contributed by atoms with Crippen molar-refractivity contribution in [3.63, 3.8) is 0 Å². The SMILES string of the molecule is CCCc1ccc(-c2ccc(NC(=S)NCC)cc2)cc1. The molecule has 0 unspecified atom stereocenters. The first-order chi connectivity index (χ1) is 10.2. The van der Waals surface area contributed by atoms with Crippen LogP contribution in [0, 0.1) is 0 Å². The normalized spacial score (nSPS) is 10.2. The summed E-state index contributed by atoms with van der Waals surface area (Å²) >= 11 is 5.18. The molecule has 0 saturated carbocycles.